The van der Waals surface area contributed by atoms with Gasteiger partial charge >= 0.3 is 24.7 Å². The van der Waals surface area contributed by atoms with Crippen LogP contribution in [0, 0.1) is 0 Å². The number of hydrogen-bond donors (Lipinski definition) is 4. The average Bonchev–Trinajstić information content (AvgIpc) is 2.44. The number of alkyl halides is 12. The summed E-state index contributed by atoms with van der Waals surface area (Å²) in [7, 11) is 0. The van der Waals surface area contributed by atoms with Crippen LogP contribution in [0.3, 0.4) is 0 Å². The predicted molar refractivity (Wildman–Crippen MR) is 89.6 cm³/mol. The van der Waals surface area contributed by atoms with Crippen molar-refractivity contribution >= 4 is 0 Å². The first kappa shape index (κ1) is 37.1. The molecule has 0 aliphatic rings. The number of β-amino-alcohol motifs (C(OH)–C–C–N with tert-alkyl or cyclic N) is 2. The summed E-state index contributed by atoms with van der Waals surface area (Å²) in [4.78, 5) is 0. The van der Waals surface area contributed by atoms with Crippen LogP contribution >= 0.6 is 0 Å². The van der Waals surface area contributed by atoms with Crippen molar-refractivity contribution in [2.75, 3.05) is 13.1 Å². The normalized spacial score (nSPS) is 14.9. The molecule has 17 heteroatoms. The summed E-state index contributed by atoms with van der Waals surface area (Å²) >= 11 is 0. The van der Waals surface area contributed by atoms with Gasteiger partial charge in [0.15, 0.2) is 0 Å². The Bertz CT molecular complexity index is 507. The molecule has 0 bridgehead atoms. The van der Waals surface area contributed by atoms with Crippen molar-refractivity contribution in [2.24, 2.45) is 0 Å². The van der Waals surface area contributed by atoms with Crippen LogP contribution in [0.1, 0.15) is 41.5 Å². The Labute approximate surface area is 192 Å². The molecule has 0 atom stereocenters. The zero-order chi connectivity index (χ0) is 26.8. The molecule has 207 valence electrons. The monoisotopic (exact) mass is 569 g/mol. The molecular formula is C16H26CuF12N2O2. The summed E-state index contributed by atoms with van der Waals surface area (Å²) in [6.45, 7) is 5.06. The molecule has 0 aromatic rings. The Morgan fingerprint density at radius 1 is 0.455 bits per heavy atom. The van der Waals surface area contributed by atoms with Crippen LogP contribution < -0.4 is 10.6 Å². The van der Waals surface area contributed by atoms with Gasteiger partial charge in [-0.1, -0.05) is 0 Å². The topological polar surface area (TPSA) is 64.5 Å². The van der Waals surface area contributed by atoms with Crippen LogP contribution in [0.4, 0.5) is 52.7 Å². The van der Waals surface area contributed by atoms with Crippen LogP contribution in [0.25, 0.3) is 0 Å². The van der Waals surface area contributed by atoms with Gasteiger partial charge in [0.2, 0.25) is 0 Å². The fraction of sp³-hybridized carbons (Fsp3) is 1.00. The first-order valence-corrected chi connectivity index (χ1v) is 8.63. The molecule has 0 unspecified atom stereocenters. The summed E-state index contributed by atoms with van der Waals surface area (Å²) in [6.07, 6.45) is -23.1. The fourth-order valence-corrected chi connectivity index (χ4v) is 1.51. The van der Waals surface area contributed by atoms with Crippen LogP contribution in [-0.4, -0.2) is 70.3 Å². The molecule has 0 spiro atoms. The van der Waals surface area contributed by atoms with E-state index in [1.165, 1.54) is 41.5 Å². The summed E-state index contributed by atoms with van der Waals surface area (Å²) in [6, 6.07) is 0. The molecule has 0 aliphatic carbocycles. The first-order chi connectivity index (χ1) is 13.4. The maximum absolute atomic E-state index is 12.2. The summed E-state index contributed by atoms with van der Waals surface area (Å²) in [5.41, 5.74) is -11.4. The van der Waals surface area contributed by atoms with Gasteiger partial charge in [0, 0.05) is 41.2 Å². The third-order valence-corrected chi connectivity index (χ3v) is 3.62. The predicted octanol–water partition coefficient (Wildman–Crippen LogP) is 4.46. The third-order valence-electron chi connectivity index (χ3n) is 3.62. The quantitative estimate of drug-likeness (QED) is 0.298. The number of nitrogens with one attached hydrogen (secondary N) is 2. The first-order valence-electron chi connectivity index (χ1n) is 8.63. The van der Waals surface area contributed by atoms with Crippen molar-refractivity contribution in [1.82, 2.24) is 10.6 Å². The maximum atomic E-state index is 12.2. The van der Waals surface area contributed by atoms with Gasteiger partial charge in [0.05, 0.1) is 0 Å². The van der Waals surface area contributed by atoms with Crippen molar-refractivity contribution < 1.29 is 80.0 Å². The summed E-state index contributed by atoms with van der Waals surface area (Å²) < 4.78 is 146. The van der Waals surface area contributed by atoms with Crippen molar-refractivity contribution in [2.45, 2.75) is 88.5 Å². The van der Waals surface area contributed by atoms with Gasteiger partial charge in [-0.2, -0.15) is 52.7 Å². The standard InChI is InChI=1S/2C8H13F6NO.Cu/c2*1-5(2,3)15-4-6(16,7(9,10)11)8(12,13)14;/h2*15-16H,4H2,1-3H3;. The number of aliphatic hydroxyl groups is 2. The van der Waals surface area contributed by atoms with E-state index >= 15 is 0 Å². The second-order valence-corrected chi connectivity index (χ2v) is 8.92. The zero-order valence-corrected chi connectivity index (χ0v) is 19.1. The van der Waals surface area contributed by atoms with E-state index in [4.69, 9.17) is 10.2 Å². The SMILES string of the molecule is CC(C)(C)NCC(O)(C(F)(F)F)C(F)(F)F.CC(C)(C)NCC(O)(C(F)(F)F)C(F)(F)F.[Cu]. The van der Waals surface area contributed by atoms with Crippen LogP contribution in [0.2, 0.25) is 0 Å². The van der Waals surface area contributed by atoms with Gasteiger partial charge in [-0.3, -0.25) is 0 Å². The molecule has 0 heterocycles. The minimum Gasteiger partial charge on any atom is -0.373 e. The molecule has 33 heavy (non-hydrogen) atoms. The largest absolute Gasteiger partial charge is 0.427 e. The molecule has 0 amide bonds. The second kappa shape index (κ2) is 11.1. The maximum Gasteiger partial charge on any atom is 0.427 e. The Balaban J connectivity index is -0.000000529. The number of rotatable bonds is 4. The Hall–Kier alpha value is -0.481. The van der Waals surface area contributed by atoms with Gasteiger partial charge in [-0.05, 0) is 41.5 Å². The summed E-state index contributed by atoms with van der Waals surface area (Å²) in [5.74, 6) is 0. The van der Waals surface area contributed by atoms with Crippen molar-refractivity contribution in [1.29, 1.82) is 0 Å². The average molecular weight is 570 g/mol. The summed E-state index contributed by atoms with van der Waals surface area (Å²) in [5, 5.41) is 21.4. The van der Waals surface area contributed by atoms with Gasteiger partial charge < -0.3 is 20.8 Å². The Kier molecular flexibility index (Phi) is 12.4. The third kappa shape index (κ3) is 11.2. The molecule has 0 saturated carbocycles. The molecule has 0 aromatic carbocycles. The van der Waals surface area contributed by atoms with Gasteiger partial charge in [0.25, 0.3) is 11.2 Å². The molecular weight excluding hydrogens is 544 g/mol. The zero-order valence-electron chi connectivity index (χ0n) is 18.1. The molecule has 4 nitrogen and oxygen atoms in total. The van der Waals surface area contributed by atoms with E-state index in [2.05, 4.69) is 0 Å². The van der Waals surface area contributed by atoms with Crippen molar-refractivity contribution in [3.05, 3.63) is 0 Å². The fourth-order valence-electron chi connectivity index (χ4n) is 1.51. The van der Waals surface area contributed by atoms with E-state index in [1.807, 2.05) is 10.6 Å². The smallest absolute Gasteiger partial charge is 0.373 e. The molecule has 0 aromatic heterocycles. The van der Waals surface area contributed by atoms with E-state index in [0.29, 0.717) is 0 Å². The van der Waals surface area contributed by atoms with Gasteiger partial charge in [-0.15, -0.1) is 0 Å². The molecule has 0 fully saturated rings. The van der Waals surface area contributed by atoms with Crippen molar-refractivity contribution in [3.8, 4) is 0 Å². The van der Waals surface area contributed by atoms with Crippen molar-refractivity contribution in [3.63, 3.8) is 0 Å². The molecule has 0 rings (SSSR count). The molecule has 0 aliphatic heterocycles. The van der Waals surface area contributed by atoms with Crippen LogP contribution in [0.15, 0.2) is 0 Å². The minimum atomic E-state index is -5.77. The van der Waals surface area contributed by atoms with Crippen LogP contribution in [0.5, 0.6) is 0 Å². The number of halogens is 12. The van der Waals surface area contributed by atoms with E-state index < -0.39 is 60.1 Å². The number of hydrogen-bond acceptors (Lipinski definition) is 4. The minimum absolute atomic E-state index is 0. The molecule has 4 N–H and O–H groups in total. The van der Waals surface area contributed by atoms with Crippen LogP contribution in [-0.2, 0) is 17.1 Å². The van der Waals surface area contributed by atoms with Gasteiger partial charge in [0.1, 0.15) is 0 Å². The van der Waals surface area contributed by atoms with E-state index in [1.54, 1.807) is 0 Å². The van der Waals surface area contributed by atoms with E-state index in [0.717, 1.165) is 0 Å². The molecule has 0 saturated heterocycles. The van der Waals surface area contributed by atoms with Gasteiger partial charge in [-0.25, -0.2) is 0 Å². The second-order valence-electron chi connectivity index (χ2n) is 8.92. The van der Waals surface area contributed by atoms with E-state index in [9.17, 15) is 52.7 Å². The Morgan fingerprint density at radius 2 is 0.606 bits per heavy atom. The molecule has 1 radical (unpaired) electrons. The van der Waals surface area contributed by atoms with E-state index in [-0.39, 0.29) is 17.1 Å². The Morgan fingerprint density at radius 3 is 0.697 bits per heavy atom.